The molecule has 2 atom stereocenters. The van der Waals surface area contributed by atoms with Crippen molar-refractivity contribution in [3.05, 3.63) is 35.4 Å². The fraction of sp³-hybridized carbons (Fsp3) is 0.357. The summed E-state index contributed by atoms with van der Waals surface area (Å²) < 4.78 is 4.81. The number of aryl methyl sites for hydroxylation is 1. The molecule has 0 radical (unpaired) electrons. The Labute approximate surface area is 117 Å². The Kier molecular flexibility index (Phi) is 5.25. The molecule has 1 rings (SSSR count). The van der Waals surface area contributed by atoms with Gasteiger partial charge >= 0.3 is 5.97 Å². The third kappa shape index (κ3) is 4.38. The first-order valence-electron chi connectivity index (χ1n) is 6.18. The van der Waals surface area contributed by atoms with Gasteiger partial charge in [0.2, 0.25) is 0 Å². The van der Waals surface area contributed by atoms with Crippen LogP contribution in [-0.4, -0.2) is 29.9 Å². The molecule has 1 aromatic carbocycles. The minimum Gasteiger partial charge on any atom is -0.451 e. The molecule has 0 saturated heterocycles. The average Bonchev–Trinajstić information content (AvgIpc) is 2.38. The summed E-state index contributed by atoms with van der Waals surface area (Å²) in [4.78, 5) is 34.4. The van der Waals surface area contributed by atoms with Crippen LogP contribution in [-0.2, 0) is 14.3 Å². The number of nitrogens with two attached hydrogens (primary N) is 1. The third-order valence-corrected chi connectivity index (χ3v) is 2.68. The van der Waals surface area contributed by atoms with Gasteiger partial charge in [-0.3, -0.25) is 9.59 Å². The number of carbonyl (C=O) groups is 3. The molecule has 0 aromatic heterocycles. The van der Waals surface area contributed by atoms with Crippen LogP contribution in [0.1, 0.15) is 29.8 Å². The quantitative estimate of drug-likeness (QED) is 0.767. The normalized spacial score (nSPS) is 13.2. The predicted molar refractivity (Wildman–Crippen MR) is 72.9 cm³/mol. The molecule has 0 bridgehead atoms. The minimum absolute atomic E-state index is 0.384. The summed E-state index contributed by atoms with van der Waals surface area (Å²) in [5.74, 6) is -1.84. The molecule has 0 aliphatic rings. The maximum Gasteiger partial charge on any atom is 0.329 e. The highest BCUT2D eigenvalue weighted by Crippen LogP contribution is 2.04. The van der Waals surface area contributed by atoms with E-state index in [4.69, 9.17) is 10.5 Å². The molecule has 6 nitrogen and oxygen atoms in total. The second-order valence-electron chi connectivity index (χ2n) is 4.55. The molecule has 3 N–H and O–H groups in total. The lowest BCUT2D eigenvalue weighted by Gasteiger charge is -2.16. The highest BCUT2D eigenvalue weighted by atomic mass is 16.5. The van der Waals surface area contributed by atoms with E-state index in [0.29, 0.717) is 5.56 Å². The number of carbonyl (C=O) groups excluding carboxylic acids is 3. The van der Waals surface area contributed by atoms with Gasteiger partial charge in [0.25, 0.3) is 11.8 Å². The Hall–Kier alpha value is -2.37. The van der Waals surface area contributed by atoms with Gasteiger partial charge in [-0.1, -0.05) is 17.7 Å². The van der Waals surface area contributed by atoms with Crippen LogP contribution in [0.3, 0.4) is 0 Å². The van der Waals surface area contributed by atoms with Gasteiger partial charge in [-0.15, -0.1) is 0 Å². The molecule has 0 spiro atoms. The first-order valence-corrected chi connectivity index (χ1v) is 6.18. The number of amides is 2. The van der Waals surface area contributed by atoms with E-state index in [1.807, 2.05) is 13.0 Å². The van der Waals surface area contributed by atoms with Crippen molar-refractivity contribution < 1.29 is 19.1 Å². The lowest BCUT2D eigenvalue weighted by Crippen LogP contribution is -2.42. The van der Waals surface area contributed by atoms with Crippen LogP contribution in [0.4, 0.5) is 0 Å². The molecule has 0 saturated carbocycles. The van der Waals surface area contributed by atoms with E-state index < -0.39 is 24.0 Å². The number of ether oxygens (including phenoxy) is 1. The lowest BCUT2D eigenvalue weighted by atomic mass is 10.1. The molecule has 0 fully saturated rings. The Morgan fingerprint density at radius 2 is 1.90 bits per heavy atom. The topological polar surface area (TPSA) is 98.5 Å². The number of benzene rings is 1. The van der Waals surface area contributed by atoms with Gasteiger partial charge < -0.3 is 15.8 Å². The highest BCUT2D eigenvalue weighted by Gasteiger charge is 2.22. The van der Waals surface area contributed by atoms with Crippen LogP contribution in [0.2, 0.25) is 0 Å². The van der Waals surface area contributed by atoms with Crippen LogP contribution in [0.5, 0.6) is 0 Å². The van der Waals surface area contributed by atoms with Gasteiger partial charge in [0.1, 0.15) is 6.04 Å². The molecule has 6 heteroatoms. The summed E-state index contributed by atoms with van der Waals surface area (Å²) in [5.41, 5.74) is 6.38. The second kappa shape index (κ2) is 6.70. The predicted octanol–water partition coefficient (Wildman–Crippen LogP) is 0.530. The third-order valence-electron chi connectivity index (χ3n) is 2.68. The summed E-state index contributed by atoms with van der Waals surface area (Å²) in [6, 6.07) is 6.10. The number of nitrogens with one attached hydrogen (secondary N) is 1. The molecule has 0 aliphatic heterocycles. The van der Waals surface area contributed by atoms with E-state index >= 15 is 0 Å². The Morgan fingerprint density at radius 1 is 1.25 bits per heavy atom. The molecule has 1 aromatic rings. The van der Waals surface area contributed by atoms with Gasteiger partial charge in [0.05, 0.1) is 0 Å². The number of esters is 1. The summed E-state index contributed by atoms with van der Waals surface area (Å²) in [7, 11) is 0. The zero-order valence-electron chi connectivity index (χ0n) is 11.7. The van der Waals surface area contributed by atoms with Gasteiger partial charge in [-0.05, 0) is 32.9 Å². The zero-order valence-corrected chi connectivity index (χ0v) is 11.7. The summed E-state index contributed by atoms with van der Waals surface area (Å²) in [6.07, 6.45) is -1.03. The summed E-state index contributed by atoms with van der Waals surface area (Å²) >= 11 is 0. The summed E-state index contributed by atoms with van der Waals surface area (Å²) in [5, 5.41) is 2.50. The average molecular weight is 278 g/mol. The van der Waals surface area contributed by atoms with Crippen molar-refractivity contribution >= 4 is 17.8 Å². The number of hydrogen-bond donors (Lipinski definition) is 2. The standard InChI is InChI=1S/C14H18N2O4/c1-8-5-4-6-11(7-8)13(18)16-9(2)14(19)20-10(3)12(15)17/h4-7,9-10H,1-3H3,(H2,15,17)(H,16,18). The summed E-state index contributed by atoms with van der Waals surface area (Å²) in [6.45, 7) is 4.71. The molecule has 2 amide bonds. The van der Waals surface area contributed by atoms with Crippen molar-refractivity contribution in [3.8, 4) is 0 Å². The van der Waals surface area contributed by atoms with Crippen molar-refractivity contribution in [1.82, 2.24) is 5.32 Å². The number of hydrogen-bond acceptors (Lipinski definition) is 4. The minimum atomic E-state index is -1.03. The van der Waals surface area contributed by atoms with E-state index in [-0.39, 0.29) is 5.91 Å². The van der Waals surface area contributed by atoms with Crippen LogP contribution in [0, 0.1) is 6.92 Å². The molecular formula is C14H18N2O4. The van der Waals surface area contributed by atoms with Crippen molar-refractivity contribution in [3.63, 3.8) is 0 Å². The molecule has 20 heavy (non-hydrogen) atoms. The van der Waals surface area contributed by atoms with Gasteiger partial charge in [0.15, 0.2) is 6.10 Å². The maximum absolute atomic E-state index is 11.9. The smallest absolute Gasteiger partial charge is 0.329 e. The van der Waals surface area contributed by atoms with E-state index in [0.717, 1.165) is 5.56 Å². The van der Waals surface area contributed by atoms with Crippen LogP contribution in [0.15, 0.2) is 24.3 Å². The zero-order chi connectivity index (χ0) is 15.3. The number of rotatable bonds is 5. The fourth-order valence-corrected chi connectivity index (χ4v) is 1.46. The van der Waals surface area contributed by atoms with Crippen LogP contribution >= 0.6 is 0 Å². The van der Waals surface area contributed by atoms with Crippen molar-refractivity contribution in [2.45, 2.75) is 32.9 Å². The second-order valence-corrected chi connectivity index (χ2v) is 4.55. The van der Waals surface area contributed by atoms with E-state index in [2.05, 4.69) is 5.32 Å². The van der Waals surface area contributed by atoms with Gasteiger partial charge in [0, 0.05) is 5.56 Å². The molecule has 108 valence electrons. The van der Waals surface area contributed by atoms with E-state index in [9.17, 15) is 14.4 Å². The first kappa shape index (κ1) is 15.7. The maximum atomic E-state index is 11.9. The molecule has 2 unspecified atom stereocenters. The SMILES string of the molecule is Cc1cccc(C(=O)NC(C)C(=O)OC(C)C(N)=O)c1. The first-order chi connectivity index (χ1) is 9.31. The van der Waals surface area contributed by atoms with Crippen molar-refractivity contribution in [2.24, 2.45) is 5.73 Å². The van der Waals surface area contributed by atoms with E-state index in [1.54, 1.807) is 18.2 Å². The molecule has 0 aliphatic carbocycles. The van der Waals surface area contributed by atoms with Crippen molar-refractivity contribution in [1.29, 1.82) is 0 Å². The van der Waals surface area contributed by atoms with Crippen LogP contribution < -0.4 is 11.1 Å². The van der Waals surface area contributed by atoms with Gasteiger partial charge in [-0.25, -0.2) is 4.79 Å². The largest absolute Gasteiger partial charge is 0.451 e. The highest BCUT2D eigenvalue weighted by molar-refractivity contribution is 5.97. The lowest BCUT2D eigenvalue weighted by molar-refractivity contribution is -0.155. The van der Waals surface area contributed by atoms with E-state index in [1.165, 1.54) is 13.8 Å². The Morgan fingerprint density at radius 3 is 2.45 bits per heavy atom. The molecule has 0 heterocycles. The Balaban J connectivity index is 2.61. The fourth-order valence-electron chi connectivity index (χ4n) is 1.46. The molecular weight excluding hydrogens is 260 g/mol. The van der Waals surface area contributed by atoms with Crippen LogP contribution in [0.25, 0.3) is 0 Å². The number of primary amides is 1. The van der Waals surface area contributed by atoms with Crippen molar-refractivity contribution in [2.75, 3.05) is 0 Å². The van der Waals surface area contributed by atoms with Gasteiger partial charge in [-0.2, -0.15) is 0 Å². The monoisotopic (exact) mass is 278 g/mol. The Bertz CT molecular complexity index is 528.